The molecule has 0 amide bonds. The third kappa shape index (κ3) is 3.08. The van der Waals surface area contributed by atoms with E-state index in [1.165, 1.54) is 17.7 Å². The molecule has 4 heteroatoms. The molecule has 0 spiro atoms. The Morgan fingerprint density at radius 3 is 2.75 bits per heavy atom. The van der Waals surface area contributed by atoms with Crippen molar-refractivity contribution in [1.29, 1.82) is 0 Å². The van der Waals surface area contributed by atoms with Gasteiger partial charge in [0.25, 0.3) is 0 Å². The number of hydrogen-bond acceptors (Lipinski definition) is 4. The van der Waals surface area contributed by atoms with Crippen molar-refractivity contribution in [3.8, 4) is 0 Å². The minimum atomic E-state index is 0.0745. The van der Waals surface area contributed by atoms with E-state index in [0.29, 0.717) is 6.04 Å². The van der Waals surface area contributed by atoms with Gasteiger partial charge >= 0.3 is 0 Å². The fourth-order valence-corrected chi connectivity index (χ4v) is 3.45. The summed E-state index contributed by atoms with van der Waals surface area (Å²) < 4.78 is 0. The van der Waals surface area contributed by atoms with E-state index in [0.717, 1.165) is 12.2 Å². The molecule has 20 heavy (non-hydrogen) atoms. The summed E-state index contributed by atoms with van der Waals surface area (Å²) in [4.78, 5) is 8.48. The van der Waals surface area contributed by atoms with Gasteiger partial charge in [0.1, 0.15) is 0 Å². The number of hydrogen-bond donors (Lipinski definition) is 1. The summed E-state index contributed by atoms with van der Waals surface area (Å²) in [5.74, 6) is 0. The SMILES string of the molecule is CC(N)C(c1ccccn1)N(Cc1cccs1)C1CC1. The molecule has 2 unspecified atom stereocenters. The van der Waals surface area contributed by atoms with Crippen molar-refractivity contribution in [2.45, 2.75) is 44.4 Å². The zero-order valence-corrected chi connectivity index (χ0v) is 12.6. The Bertz CT molecular complexity index is 520. The van der Waals surface area contributed by atoms with Crippen molar-refractivity contribution in [2.75, 3.05) is 0 Å². The first-order valence-corrected chi connectivity index (χ1v) is 8.08. The Kier molecular flexibility index (Phi) is 4.15. The molecule has 1 saturated carbocycles. The van der Waals surface area contributed by atoms with E-state index >= 15 is 0 Å². The van der Waals surface area contributed by atoms with Gasteiger partial charge in [-0.25, -0.2) is 0 Å². The number of aromatic nitrogens is 1. The van der Waals surface area contributed by atoms with E-state index in [1.807, 2.05) is 29.7 Å². The predicted octanol–water partition coefficient (Wildman–Crippen LogP) is 3.20. The van der Waals surface area contributed by atoms with Crippen LogP contribution in [0.5, 0.6) is 0 Å². The molecule has 2 N–H and O–H groups in total. The quantitative estimate of drug-likeness (QED) is 0.887. The number of rotatable bonds is 6. The highest BCUT2D eigenvalue weighted by molar-refractivity contribution is 7.09. The second-order valence-electron chi connectivity index (χ2n) is 5.54. The van der Waals surface area contributed by atoms with Crippen molar-refractivity contribution < 1.29 is 0 Å². The maximum absolute atomic E-state index is 6.29. The van der Waals surface area contributed by atoms with Gasteiger partial charge in [0.05, 0.1) is 11.7 Å². The topological polar surface area (TPSA) is 42.1 Å². The second-order valence-corrected chi connectivity index (χ2v) is 6.57. The lowest BCUT2D eigenvalue weighted by Crippen LogP contribution is -2.40. The van der Waals surface area contributed by atoms with Crippen molar-refractivity contribution in [1.82, 2.24) is 9.88 Å². The minimum Gasteiger partial charge on any atom is -0.326 e. The highest BCUT2D eigenvalue weighted by atomic mass is 32.1. The van der Waals surface area contributed by atoms with Gasteiger partial charge in [-0.3, -0.25) is 9.88 Å². The first-order valence-electron chi connectivity index (χ1n) is 7.20. The second kappa shape index (κ2) is 6.04. The molecule has 1 fully saturated rings. The van der Waals surface area contributed by atoms with Gasteiger partial charge in [-0.1, -0.05) is 12.1 Å². The first-order chi connectivity index (χ1) is 9.75. The Morgan fingerprint density at radius 2 is 2.20 bits per heavy atom. The van der Waals surface area contributed by atoms with Crippen LogP contribution < -0.4 is 5.73 Å². The van der Waals surface area contributed by atoms with Crippen LogP contribution in [0.4, 0.5) is 0 Å². The third-order valence-electron chi connectivity index (χ3n) is 3.78. The molecule has 0 aliphatic heterocycles. The predicted molar refractivity (Wildman–Crippen MR) is 83.5 cm³/mol. The molecule has 3 rings (SSSR count). The summed E-state index contributed by atoms with van der Waals surface area (Å²) in [5, 5.41) is 2.14. The molecule has 0 aromatic carbocycles. The molecule has 1 aliphatic rings. The Morgan fingerprint density at radius 1 is 1.35 bits per heavy atom. The Balaban J connectivity index is 1.86. The fraction of sp³-hybridized carbons (Fsp3) is 0.438. The highest BCUT2D eigenvalue weighted by Crippen LogP contribution is 2.36. The summed E-state index contributed by atoms with van der Waals surface area (Å²) in [5.41, 5.74) is 7.37. The number of pyridine rings is 1. The third-order valence-corrected chi connectivity index (χ3v) is 4.64. The summed E-state index contributed by atoms with van der Waals surface area (Å²) in [6.45, 7) is 3.06. The summed E-state index contributed by atoms with van der Waals surface area (Å²) in [6.07, 6.45) is 4.42. The molecular weight excluding hydrogens is 266 g/mol. The van der Waals surface area contributed by atoms with E-state index in [1.54, 1.807) is 0 Å². The van der Waals surface area contributed by atoms with E-state index in [-0.39, 0.29) is 12.1 Å². The van der Waals surface area contributed by atoms with Gasteiger partial charge in [0.15, 0.2) is 0 Å². The monoisotopic (exact) mass is 287 g/mol. The largest absolute Gasteiger partial charge is 0.326 e. The van der Waals surface area contributed by atoms with E-state index in [2.05, 4.69) is 40.4 Å². The average Bonchev–Trinajstić information content (AvgIpc) is 3.17. The highest BCUT2D eigenvalue weighted by Gasteiger charge is 2.36. The number of nitrogens with two attached hydrogens (primary N) is 1. The lowest BCUT2D eigenvalue weighted by molar-refractivity contribution is 0.155. The summed E-state index contributed by atoms with van der Waals surface area (Å²) >= 11 is 1.82. The molecular formula is C16H21N3S. The van der Waals surface area contributed by atoms with Crippen LogP contribution in [0.15, 0.2) is 41.9 Å². The molecule has 3 nitrogen and oxygen atoms in total. The van der Waals surface area contributed by atoms with Crippen molar-refractivity contribution >= 4 is 11.3 Å². The van der Waals surface area contributed by atoms with Gasteiger partial charge in [-0.15, -0.1) is 11.3 Å². The molecule has 106 valence electrons. The van der Waals surface area contributed by atoms with Crippen LogP contribution in [0.1, 0.15) is 36.4 Å². The zero-order valence-electron chi connectivity index (χ0n) is 11.8. The lowest BCUT2D eigenvalue weighted by Gasteiger charge is -2.33. The fourth-order valence-electron chi connectivity index (χ4n) is 2.74. The minimum absolute atomic E-state index is 0.0745. The van der Waals surface area contributed by atoms with Crippen LogP contribution in [0.25, 0.3) is 0 Å². The lowest BCUT2D eigenvalue weighted by atomic mass is 10.0. The summed E-state index contributed by atoms with van der Waals surface area (Å²) in [6, 6.07) is 11.4. The van der Waals surface area contributed by atoms with Crippen molar-refractivity contribution in [2.24, 2.45) is 5.73 Å². The summed E-state index contributed by atoms with van der Waals surface area (Å²) in [7, 11) is 0. The molecule has 0 bridgehead atoms. The smallest absolute Gasteiger partial charge is 0.0676 e. The molecule has 2 aromatic heterocycles. The maximum atomic E-state index is 6.29. The van der Waals surface area contributed by atoms with Crippen molar-refractivity contribution in [3.05, 3.63) is 52.5 Å². The molecule has 0 radical (unpaired) electrons. The average molecular weight is 287 g/mol. The van der Waals surface area contributed by atoms with Crippen LogP contribution in [-0.4, -0.2) is 22.0 Å². The van der Waals surface area contributed by atoms with Gasteiger partial charge in [-0.2, -0.15) is 0 Å². The van der Waals surface area contributed by atoms with Gasteiger partial charge < -0.3 is 5.73 Å². The van der Waals surface area contributed by atoms with Crippen LogP contribution in [-0.2, 0) is 6.54 Å². The van der Waals surface area contributed by atoms with Crippen LogP contribution in [0, 0.1) is 0 Å². The van der Waals surface area contributed by atoms with Gasteiger partial charge in [-0.05, 0) is 43.3 Å². The molecule has 2 atom stereocenters. The zero-order chi connectivity index (χ0) is 13.9. The molecule has 1 aliphatic carbocycles. The van der Waals surface area contributed by atoms with Gasteiger partial charge in [0.2, 0.25) is 0 Å². The first kappa shape index (κ1) is 13.7. The van der Waals surface area contributed by atoms with Crippen molar-refractivity contribution in [3.63, 3.8) is 0 Å². The number of nitrogens with zero attached hydrogens (tertiary/aromatic N) is 2. The van der Waals surface area contributed by atoms with Crippen LogP contribution >= 0.6 is 11.3 Å². The number of thiophene rings is 1. The Hall–Kier alpha value is -1.23. The maximum Gasteiger partial charge on any atom is 0.0676 e. The van der Waals surface area contributed by atoms with Crippen LogP contribution in [0.3, 0.4) is 0 Å². The normalized spacial score (nSPS) is 18.1. The van der Waals surface area contributed by atoms with E-state index in [4.69, 9.17) is 5.73 Å². The standard InChI is InChI=1S/C16H21N3S/c1-12(17)16(15-6-2-3-9-18-15)19(13-7-8-13)11-14-5-4-10-20-14/h2-6,9-10,12-13,16H,7-8,11,17H2,1H3. The van der Waals surface area contributed by atoms with Gasteiger partial charge in [0, 0.05) is 29.7 Å². The van der Waals surface area contributed by atoms with Crippen LogP contribution in [0.2, 0.25) is 0 Å². The molecule has 2 heterocycles. The molecule has 2 aromatic rings. The van der Waals surface area contributed by atoms with E-state index in [9.17, 15) is 0 Å². The van der Waals surface area contributed by atoms with E-state index < -0.39 is 0 Å². The Labute approximate surface area is 124 Å². The molecule has 0 saturated heterocycles.